The number of nitrogens with zero attached hydrogens (tertiary/aromatic N) is 4. The first-order chi connectivity index (χ1) is 17.5. The number of rotatable bonds is 7. The maximum atomic E-state index is 13.6. The van der Waals surface area contributed by atoms with Gasteiger partial charge in [0.2, 0.25) is 0 Å². The van der Waals surface area contributed by atoms with Crippen LogP contribution in [0.1, 0.15) is 42.1 Å². The average molecular weight is 540 g/mol. The number of carbonyl (C=O) groups excluding carboxylic acids is 1. The Hall–Kier alpha value is -3.63. The van der Waals surface area contributed by atoms with Crippen LogP contribution in [-0.2, 0) is 14.1 Å². The number of Topliss-reactive ketones (excluding diaryl/α,β-unsaturated/α-hetero) is 1. The molecule has 4 aromatic rings. The maximum absolute atomic E-state index is 13.6. The van der Waals surface area contributed by atoms with Gasteiger partial charge in [-0.3, -0.25) is 28.1 Å². The number of benzene rings is 2. The third kappa shape index (κ3) is 4.86. The topological polar surface area (TPSA) is 122 Å². The largest absolute Gasteiger partial charge is 0.384 e. The first-order valence-electron chi connectivity index (χ1n) is 11.6. The molecule has 0 amide bonds. The van der Waals surface area contributed by atoms with E-state index in [1.165, 1.54) is 18.7 Å². The molecule has 9 nitrogen and oxygen atoms in total. The highest BCUT2D eigenvalue weighted by molar-refractivity contribution is 7.99. The lowest BCUT2D eigenvalue weighted by molar-refractivity contribution is 0.102. The number of ketones is 1. The van der Waals surface area contributed by atoms with Crippen LogP contribution in [0.15, 0.2) is 62.0 Å². The van der Waals surface area contributed by atoms with Crippen LogP contribution in [0.5, 0.6) is 0 Å². The van der Waals surface area contributed by atoms with Crippen molar-refractivity contribution in [1.82, 2.24) is 18.7 Å². The molecule has 0 fully saturated rings. The van der Waals surface area contributed by atoms with Crippen LogP contribution in [-0.4, -0.2) is 30.2 Å². The van der Waals surface area contributed by atoms with Gasteiger partial charge in [-0.2, -0.15) is 0 Å². The van der Waals surface area contributed by atoms with E-state index < -0.39 is 17.0 Å². The Bertz CT molecular complexity index is 1710. The Morgan fingerprint density at radius 3 is 2.38 bits per heavy atom. The molecule has 0 radical (unpaired) electrons. The van der Waals surface area contributed by atoms with Gasteiger partial charge >= 0.3 is 5.69 Å². The van der Waals surface area contributed by atoms with Crippen molar-refractivity contribution in [3.05, 3.63) is 89.8 Å². The number of thioether (sulfide) groups is 1. The SMILES string of the molecule is CC[C@H](C)c1ccc(-n2c(SCC(=O)c3c(N)n(C)c(=O)n(C)c3=O)nc3ccc(Cl)cc3c2=O)cc1. The third-order valence-electron chi connectivity index (χ3n) is 6.45. The molecule has 192 valence electrons. The number of nitrogens with two attached hydrogens (primary N) is 1. The number of carbonyl (C=O) groups is 1. The molecule has 0 unspecified atom stereocenters. The molecule has 0 saturated heterocycles. The lowest BCUT2D eigenvalue weighted by Crippen LogP contribution is -2.41. The molecule has 4 rings (SSSR count). The lowest BCUT2D eigenvalue weighted by Gasteiger charge is -2.15. The lowest BCUT2D eigenvalue weighted by atomic mass is 9.98. The summed E-state index contributed by atoms with van der Waals surface area (Å²) in [4.78, 5) is 56.1. The molecular formula is C26H26ClN5O4S. The zero-order chi connectivity index (χ0) is 27.0. The van der Waals surface area contributed by atoms with Gasteiger partial charge in [-0.15, -0.1) is 0 Å². The summed E-state index contributed by atoms with van der Waals surface area (Å²) >= 11 is 7.15. The average Bonchev–Trinajstić information content (AvgIpc) is 2.90. The fourth-order valence-corrected chi connectivity index (χ4v) is 5.03. The smallest absolute Gasteiger partial charge is 0.332 e. The van der Waals surface area contributed by atoms with Gasteiger partial charge in [-0.1, -0.05) is 49.3 Å². The van der Waals surface area contributed by atoms with Gasteiger partial charge in [0, 0.05) is 19.1 Å². The summed E-state index contributed by atoms with van der Waals surface area (Å²) in [6, 6.07) is 12.4. The van der Waals surface area contributed by atoms with E-state index in [1.54, 1.807) is 18.2 Å². The van der Waals surface area contributed by atoms with Crippen LogP contribution in [0.2, 0.25) is 5.02 Å². The van der Waals surface area contributed by atoms with Crippen LogP contribution in [0, 0.1) is 0 Å². The highest BCUT2D eigenvalue weighted by Gasteiger charge is 2.22. The molecule has 2 heterocycles. The standard InChI is InChI=1S/C26H26ClN5O4S/c1-5-14(2)15-6-9-17(10-7-15)32-23(34)18-12-16(27)8-11-19(18)29-25(32)37-13-20(33)21-22(28)30(3)26(36)31(4)24(21)35/h6-12,14H,5,13,28H2,1-4H3/t14-/m0/s1. The molecule has 37 heavy (non-hydrogen) atoms. The van der Waals surface area contributed by atoms with Gasteiger partial charge in [-0.05, 0) is 48.2 Å². The van der Waals surface area contributed by atoms with Crippen LogP contribution in [0.3, 0.4) is 0 Å². The number of anilines is 1. The van der Waals surface area contributed by atoms with E-state index in [4.69, 9.17) is 17.3 Å². The van der Waals surface area contributed by atoms with Crippen LogP contribution >= 0.6 is 23.4 Å². The minimum absolute atomic E-state index is 0.210. The van der Waals surface area contributed by atoms with Gasteiger partial charge in [0.1, 0.15) is 11.4 Å². The Balaban J connectivity index is 1.81. The summed E-state index contributed by atoms with van der Waals surface area (Å²) in [6.45, 7) is 4.24. The van der Waals surface area contributed by atoms with Crippen molar-refractivity contribution in [3.63, 3.8) is 0 Å². The number of hydrogen-bond donors (Lipinski definition) is 1. The number of aromatic nitrogens is 4. The van der Waals surface area contributed by atoms with Crippen LogP contribution in [0.25, 0.3) is 16.6 Å². The van der Waals surface area contributed by atoms with Gasteiger partial charge in [-0.25, -0.2) is 9.78 Å². The van der Waals surface area contributed by atoms with Crippen molar-refractivity contribution >= 4 is 45.9 Å². The normalized spacial score (nSPS) is 12.1. The van der Waals surface area contributed by atoms with Crippen molar-refractivity contribution < 1.29 is 4.79 Å². The zero-order valence-corrected chi connectivity index (χ0v) is 22.4. The van der Waals surface area contributed by atoms with E-state index in [0.717, 1.165) is 32.9 Å². The molecule has 0 aliphatic heterocycles. The summed E-state index contributed by atoms with van der Waals surface area (Å²) in [5.41, 5.74) is 6.07. The Kier molecular flexibility index (Phi) is 7.42. The third-order valence-corrected chi connectivity index (χ3v) is 7.63. The predicted molar refractivity (Wildman–Crippen MR) is 147 cm³/mol. The van der Waals surface area contributed by atoms with Gasteiger partial charge in [0.05, 0.1) is 22.3 Å². The van der Waals surface area contributed by atoms with Crippen molar-refractivity contribution in [2.45, 2.75) is 31.3 Å². The van der Waals surface area contributed by atoms with Gasteiger partial charge < -0.3 is 5.73 Å². The van der Waals surface area contributed by atoms with Gasteiger partial charge in [0.25, 0.3) is 11.1 Å². The molecule has 2 aromatic heterocycles. The molecule has 2 aromatic carbocycles. The molecule has 0 bridgehead atoms. The fraction of sp³-hybridized carbons (Fsp3) is 0.269. The van der Waals surface area contributed by atoms with Gasteiger partial charge in [0.15, 0.2) is 10.9 Å². The molecule has 0 aliphatic carbocycles. The molecule has 1 atom stereocenters. The summed E-state index contributed by atoms with van der Waals surface area (Å²) < 4.78 is 3.31. The Morgan fingerprint density at radius 1 is 1.05 bits per heavy atom. The Morgan fingerprint density at radius 2 is 1.73 bits per heavy atom. The summed E-state index contributed by atoms with van der Waals surface area (Å²) in [7, 11) is 2.67. The number of halogens is 1. The molecule has 0 saturated carbocycles. The highest BCUT2D eigenvalue weighted by atomic mass is 35.5. The number of fused-ring (bicyclic) bond motifs is 1. The second-order valence-electron chi connectivity index (χ2n) is 8.78. The van der Waals surface area contributed by atoms with E-state index in [9.17, 15) is 19.2 Å². The zero-order valence-electron chi connectivity index (χ0n) is 20.8. The first kappa shape index (κ1) is 26.4. The quantitative estimate of drug-likeness (QED) is 0.216. The Labute approximate surface area is 221 Å². The van der Waals surface area contributed by atoms with Crippen molar-refractivity contribution in [1.29, 1.82) is 0 Å². The number of hydrogen-bond acceptors (Lipinski definition) is 7. The second-order valence-corrected chi connectivity index (χ2v) is 10.2. The van der Waals surface area contributed by atoms with Crippen LogP contribution < -0.4 is 22.5 Å². The van der Waals surface area contributed by atoms with Crippen molar-refractivity contribution in [3.8, 4) is 5.69 Å². The van der Waals surface area contributed by atoms with Crippen molar-refractivity contribution in [2.24, 2.45) is 14.1 Å². The molecule has 11 heteroatoms. The summed E-state index contributed by atoms with van der Waals surface area (Å²) in [6.07, 6.45) is 0.978. The number of nitrogen functional groups attached to an aromatic ring is 1. The maximum Gasteiger partial charge on any atom is 0.332 e. The highest BCUT2D eigenvalue weighted by Crippen LogP contribution is 2.26. The van der Waals surface area contributed by atoms with Crippen molar-refractivity contribution in [2.75, 3.05) is 11.5 Å². The first-order valence-corrected chi connectivity index (χ1v) is 13.0. The van der Waals surface area contributed by atoms with E-state index in [-0.39, 0.29) is 27.8 Å². The minimum atomic E-state index is -0.773. The minimum Gasteiger partial charge on any atom is -0.384 e. The predicted octanol–water partition coefficient (Wildman–Crippen LogP) is 3.51. The monoisotopic (exact) mass is 539 g/mol. The van der Waals surface area contributed by atoms with Crippen LogP contribution in [0.4, 0.5) is 5.82 Å². The molecule has 0 spiro atoms. The second kappa shape index (κ2) is 10.4. The summed E-state index contributed by atoms with van der Waals surface area (Å²) in [5.74, 6) is -0.657. The van der Waals surface area contributed by atoms with E-state index >= 15 is 0 Å². The van der Waals surface area contributed by atoms with E-state index in [2.05, 4.69) is 18.8 Å². The molecule has 0 aliphatic rings. The fourth-order valence-electron chi connectivity index (χ4n) is 3.97. The van der Waals surface area contributed by atoms with E-state index in [0.29, 0.717) is 27.5 Å². The molecular weight excluding hydrogens is 514 g/mol. The molecule has 2 N–H and O–H groups in total. The van der Waals surface area contributed by atoms with E-state index in [1.807, 2.05) is 24.3 Å². The summed E-state index contributed by atoms with van der Waals surface area (Å²) in [5, 5.41) is 1.01.